The molecular formula is C24H24N2O5. The maximum Gasteiger partial charge on any atom is 0.338 e. The molecule has 2 saturated heterocycles. The van der Waals surface area contributed by atoms with E-state index >= 15 is 0 Å². The molecule has 2 aromatic rings. The predicted molar refractivity (Wildman–Crippen MR) is 112 cm³/mol. The van der Waals surface area contributed by atoms with Gasteiger partial charge in [-0.2, -0.15) is 0 Å². The van der Waals surface area contributed by atoms with Gasteiger partial charge in [0, 0.05) is 23.9 Å². The SMILES string of the molecule is C=C1C(=O)O[C@H]2[C@H]1CCC(COC(=O)c1ccc3nccnc3c1)=CCC[C@@]1(C)O[C@@H]21. The molecular weight excluding hydrogens is 396 g/mol. The number of carbonyl (C=O) groups excluding carboxylic acids is 2. The first-order chi connectivity index (χ1) is 14.9. The van der Waals surface area contributed by atoms with Gasteiger partial charge in [0.25, 0.3) is 0 Å². The van der Waals surface area contributed by atoms with Crippen molar-refractivity contribution in [3.63, 3.8) is 0 Å². The first kappa shape index (κ1) is 19.9. The Hall–Kier alpha value is -3.06. The van der Waals surface area contributed by atoms with Crippen molar-refractivity contribution in [2.45, 2.75) is 50.4 Å². The monoisotopic (exact) mass is 420 g/mol. The number of carbonyl (C=O) groups is 2. The van der Waals surface area contributed by atoms with Gasteiger partial charge < -0.3 is 14.2 Å². The molecule has 0 bridgehead atoms. The van der Waals surface area contributed by atoms with Crippen molar-refractivity contribution in [1.29, 1.82) is 0 Å². The van der Waals surface area contributed by atoms with Crippen LogP contribution >= 0.6 is 0 Å². The molecule has 0 N–H and O–H groups in total. The van der Waals surface area contributed by atoms with Gasteiger partial charge in [-0.3, -0.25) is 9.97 Å². The average molecular weight is 420 g/mol. The molecule has 3 heterocycles. The number of ether oxygens (including phenoxy) is 3. The summed E-state index contributed by atoms with van der Waals surface area (Å²) in [6, 6.07) is 5.15. The Morgan fingerprint density at radius 3 is 2.94 bits per heavy atom. The lowest BCUT2D eigenvalue weighted by Crippen LogP contribution is -2.29. The third-order valence-corrected chi connectivity index (χ3v) is 6.53. The Bertz CT molecular complexity index is 1110. The molecule has 2 fully saturated rings. The smallest absolute Gasteiger partial charge is 0.338 e. The third-order valence-electron chi connectivity index (χ3n) is 6.53. The van der Waals surface area contributed by atoms with Crippen molar-refractivity contribution < 1.29 is 23.8 Å². The fourth-order valence-corrected chi connectivity index (χ4v) is 4.58. The normalized spacial score (nSPS) is 30.1. The number of epoxide rings is 1. The molecule has 1 aromatic carbocycles. The highest BCUT2D eigenvalue weighted by atomic mass is 16.6. The second-order valence-corrected chi connectivity index (χ2v) is 8.63. The Kier molecular flexibility index (Phi) is 4.85. The van der Waals surface area contributed by atoms with E-state index in [1.54, 1.807) is 30.6 Å². The fourth-order valence-electron chi connectivity index (χ4n) is 4.58. The molecule has 160 valence electrons. The van der Waals surface area contributed by atoms with Gasteiger partial charge in [0.2, 0.25) is 0 Å². The first-order valence-electron chi connectivity index (χ1n) is 10.6. The quantitative estimate of drug-likeness (QED) is 0.325. The highest BCUT2D eigenvalue weighted by Crippen LogP contribution is 2.49. The van der Waals surface area contributed by atoms with Crippen LogP contribution in [-0.4, -0.2) is 46.3 Å². The number of esters is 2. The lowest BCUT2D eigenvalue weighted by Gasteiger charge is -2.20. The van der Waals surface area contributed by atoms with E-state index in [9.17, 15) is 9.59 Å². The van der Waals surface area contributed by atoms with Gasteiger partial charge in [0.05, 0.1) is 22.2 Å². The van der Waals surface area contributed by atoms with Crippen molar-refractivity contribution in [3.8, 4) is 0 Å². The van der Waals surface area contributed by atoms with Crippen LogP contribution in [0.5, 0.6) is 0 Å². The minimum absolute atomic E-state index is 0.0653. The van der Waals surface area contributed by atoms with E-state index in [1.165, 1.54) is 0 Å². The fraction of sp³-hybridized carbons (Fsp3) is 0.417. The van der Waals surface area contributed by atoms with Crippen molar-refractivity contribution in [2.75, 3.05) is 6.61 Å². The largest absolute Gasteiger partial charge is 0.458 e. The van der Waals surface area contributed by atoms with Gasteiger partial charge in [-0.05, 0) is 56.4 Å². The zero-order valence-corrected chi connectivity index (χ0v) is 17.4. The van der Waals surface area contributed by atoms with E-state index in [4.69, 9.17) is 14.2 Å². The Labute approximate surface area is 180 Å². The van der Waals surface area contributed by atoms with E-state index in [2.05, 4.69) is 29.5 Å². The van der Waals surface area contributed by atoms with E-state index in [0.717, 1.165) is 23.9 Å². The second kappa shape index (κ2) is 7.57. The molecule has 7 heteroatoms. The zero-order valence-electron chi connectivity index (χ0n) is 17.4. The van der Waals surface area contributed by atoms with E-state index in [1.807, 2.05) is 0 Å². The summed E-state index contributed by atoms with van der Waals surface area (Å²) in [5.74, 6) is -0.802. The van der Waals surface area contributed by atoms with E-state index in [-0.39, 0.29) is 36.3 Å². The average Bonchev–Trinajstić information content (AvgIpc) is 3.37. The van der Waals surface area contributed by atoms with Gasteiger partial charge in [-0.25, -0.2) is 9.59 Å². The molecule has 2 aliphatic heterocycles. The summed E-state index contributed by atoms with van der Waals surface area (Å²) in [4.78, 5) is 33.1. The van der Waals surface area contributed by atoms with E-state index in [0.29, 0.717) is 29.5 Å². The Morgan fingerprint density at radius 2 is 2.10 bits per heavy atom. The summed E-state index contributed by atoms with van der Waals surface area (Å²) in [6.07, 6.45) is 8.05. The second-order valence-electron chi connectivity index (χ2n) is 8.63. The minimum Gasteiger partial charge on any atom is -0.458 e. The molecule has 4 atom stereocenters. The molecule has 0 amide bonds. The lowest BCUT2D eigenvalue weighted by molar-refractivity contribution is -0.140. The van der Waals surface area contributed by atoms with Gasteiger partial charge in [-0.1, -0.05) is 12.7 Å². The molecule has 7 nitrogen and oxygen atoms in total. The first-order valence-corrected chi connectivity index (χ1v) is 10.6. The van der Waals surface area contributed by atoms with Gasteiger partial charge >= 0.3 is 11.9 Å². The standard InChI is InChI=1S/C24H24N2O5/c1-14-17-7-5-15(4-3-9-24(2)21(31-24)20(17)30-22(14)27)13-29-23(28)16-6-8-18-19(12-16)26-11-10-25-18/h4,6,8,10-12,17,20-21H,1,3,5,7,9,13H2,2H3/t17-,20-,21-,24+/m0/s1. The van der Waals surface area contributed by atoms with Crippen LogP contribution in [0.4, 0.5) is 0 Å². The van der Waals surface area contributed by atoms with Crippen LogP contribution in [0.25, 0.3) is 11.0 Å². The number of fused-ring (bicyclic) bond motifs is 4. The Balaban J connectivity index is 1.28. The van der Waals surface area contributed by atoms with Gasteiger partial charge in [0.15, 0.2) is 0 Å². The number of hydrogen-bond donors (Lipinski definition) is 0. The predicted octanol–water partition coefficient (Wildman–Crippen LogP) is 3.54. The number of rotatable bonds is 3. The number of nitrogens with zero attached hydrogens (tertiary/aromatic N) is 2. The van der Waals surface area contributed by atoms with Crippen molar-refractivity contribution >= 4 is 23.0 Å². The summed E-state index contributed by atoms with van der Waals surface area (Å²) < 4.78 is 17.1. The topological polar surface area (TPSA) is 90.9 Å². The summed E-state index contributed by atoms with van der Waals surface area (Å²) in [6.45, 7) is 6.20. The highest BCUT2D eigenvalue weighted by Gasteiger charge is 2.61. The van der Waals surface area contributed by atoms with Crippen LogP contribution in [-0.2, 0) is 19.0 Å². The molecule has 3 aliphatic rings. The van der Waals surface area contributed by atoms with Gasteiger partial charge in [-0.15, -0.1) is 0 Å². The lowest BCUT2D eigenvalue weighted by atomic mass is 9.84. The molecule has 0 unspecified atom stereocenters. The minimum atomic E-state index is -0.398. The summed E-state index contributed by atoms with van der Waals surface area (Å²) >= 11 is 0. The number of hydrogen-bond acceptors (Lipinski definition) is 7. The Morgan fingerprint density at radius 1 is 1.29 bits per heavy atom. The van der Waals surface area contributed by atoms with Crippen LogP contribution < -0.4 is 0 Å². The van der Waals surface area contributed by atoms with Crippen molar-refractivity contribution in [2.24, 2.45) is 5.92 Å². The summed E-state index contributed by atoms with van der Waals surface area (Å²) in [5.41, 5.74) is 3.08. The summed E-state index contributed by atoms with van der Waals surface area (Å²) in [5, 5.41) is 0. The molecule has 1 aromatic heterocycles. The molecule has 0 radical (unpaired) electrons. The van der Waals surface area contributed by atoms with Crippen LogP contribution in [0, 0.1) is 5.92 Å². The molecule has 0 saturated carbocycles. The van der Waals surface area contributed by atoms with Crippen LogP contribution in [0.15, 0.2) is 54.4 Å². The van der Waals surface area contributed by atoms with E-state index < -0.39 is 5.97 Å². The van der Waals surface area contributed by atoms with Crippen molar-refractivity contribution in [3.05, 3.63) is 60.0 Å². The number of allylic oxidation sites excluding steroid dienone is 1. The molecule has 1 aliphatic carbocycles. The molecule has 0 spiro atoms. The highest BCUT2D eigenvalue weighted by molar-refractivity contribution is 5.93. The third kappa shape index (κ3) is 3.74. The summed E-state index contributed by atoms with van der Waals surface area (Å²) in [7, 11) is 0. The van der Waals surface area contributed by atoms with Gasteiger partial charge in [0.1, 0.15) is 18.8 Å². The van der Waals surface area contributed by atoms with Crippen LogP contribution in [0.1, 0.15) is 43.0 Å². The van der Waals surface area contributed by atoms with Crippen molar-refractivity contribution in [1.82, 2.24) is 9.97 Å². The maximum atomic E-state index is 12.6. The zero-order chi connectivity index (χ0) is 21.6. The van der Waals surface area contributed by atoms with Crippen LogP contribution in [0.3, 0.4) is 0 Å². The molecule has 31 heavy (non-hydrogen) atoms. The number of benzene rings is 1. The molecule has 5 rings (SSSR count). The van der Waals surface area contributed by atoms with Crippen LogP contribution in [0.2, 0.25) is 0 Å². The maximum absolute atomic E-state index is 12.6. The number of aromatic nitrogens is 2.